The molecule has 0 spiro atoms. The number of carbonyl (C=O) groups excluding carboxylic acids is 1. The second-order valence-corrected chi connectivity index (χ2v) is 1.12. The van der Waals surface area contributed by atoms with Crippen LogP contribution in [0.3, 0.4) is 0 Å². The van der Waals surface area contributed by atoms with Gasteiger partial charge in [0.2, 0.25) is 0 Å². The predicted molar refractivity (Wildman–Crippen MR) is 46.4 cm³/mol. The summed E-state index contributed by atoms with van der Waals surface area (Å²) in [5.41, 5.74) is 0. The Balaban J connectivity index is -0.000000140. The van der Waals surface area contributed by atoms with Crippen LogP contribution in [0.4, 0.5) is 0 Å². The predicted octanol–water partition coefficient (Wildman–Crippen LogP) is 0.209. The molecule has 60 valence electrons. The van der Waals surface area contributed by atoms with Gasteiger partial charge < -0.3 is 9.84 Å². The van der Waals surface area contributed by atoms with Gasteiger partial charge in [0, 0.05) is 12.7 Å². The fourth-order valence-electron chi connectivity index (χ4n) is 0.130. The van der Waals surface area contributed by atoms with Gasteiger partial charge in [0.15, 0.2) is 0 Å². The first-order valence-electron chi connectivity index (χ1n) is 2.77. The van der Waals surface area contributed by atoms with Crippen molar-refractivity contribution in [3.8, 4) is 0 Å². The van der Waals surface area contributed by atoms with E-state index in [0.717, 1.165) is 12.3 Å². The number of aliphatic hydroxyl groups excluding tert-OH is 1. The van der Waals surface area contributed by atoms with E-state index >= 15 is 0 Å². The number of aliphatic hydroxyl groups is 1. The minimum atomic E-state index is -0.477. The molecular formula is C7H13NaO3. The first-order valence-corrected chi connectivity index (χ1v) is 2.77. The molecule has 0 fully saturated rings. The van der Waals surface area contributed by atoms with Gasteiger partial charge in [-0.3, -0.25) is 0 Å². The molecule has 0 aromatic carbocycles. The zero-order chi connectivity index (χ0) is 8.41. The Bertz CT molecular complexity index is 112. The van der Waals surface area contributed by atoms with Crippen molar-refractivity contribution in [2.24, 2.45) is 0 Å². The summed E-state index contributed by atoms with van der Waals surface area (Å²) in [5, 5.41) is 7.57. The summed E-state index contributed by atoms with van der Waals surface area (Å²) >= 11 is 0. The van der Waals surface area contributed by atoms with Crippen molar-refractivity contribution in [3.05, 3.63) is 25.5 Å². The van der Waals surface area contributed by atoms with Crippen LogP contribution in [0, 0.1) is 0 Å². The van der Waals surface area contributed by atoms with Crippen molar-refractivity contribution in [1.82, 2.24) is 0 Å². The van der Waals surface area contributed by atoms with Gasteiger partial charge >= 0.3 is 35.5 Å². The first kappa shape index (κ1) is 17.1. The van der Waals surface area contributed by atoms with Gasteiger partial charge in [-0.2, -0.15) is 0 Å². The molecule has 0 saturated heterocycles. The van der Waals surface area contributed by atoms with Gasteiger partial charge in [-0.15, -0.1) is 0 Å². The van der Waals surface area contributed by atoms with Gasteiger partial charge in [0.05, 0.1) is 6.26 Å². The van der Waals surface area contributed by atoms with Crippen molar-refractivity contribution < 1.29 is 14.6 Å². The molecule has 0 aliphatic carbocycles. The Morgan fingerprint density at radius 3 is 2.09 bits per heavy atom. The SMILES string of the molecule is C=COC(=O)C=C.CCO.[NaH]. The van der Waals surface area contributed by atoms with Crippen LogP contribution in [-0.4, -0.2) is 47.2 Å². The number of hydrogen-bond donors (Lipinski definition) is 1. The zero-order valence-electron chi connectivity index (χ0n) is 6.04. The second kappa shape index (κ2) is 16.5. The Kier molecular flexibility index (Phi) is 25.7. The summed E-state index contributed by atoms with van der Waals surface area (Å²) < 4.78 is 4.20. The third-order valence-electron chi connectivity index (χ3n) is 0.366. The molecule has 0 unspecified atom stereocenters. The van der Waals surface area contributed by atoms with Gasteiger partial charge in [-0.05, 0) is 6.92 Å². The summed E-state index contributed by atoms with van der Waals surface area (Å²) in [5.74, 6) is -0.477. The van der Waals surface area contributed by atoms with E-state index in [1.54, 1.807) is 6.92 Å². The monoisotopic (exact) mass is 168 g/mol. The number of rotatable bonds is 2. The molecular weight excluding hydrogens is 155 g/mol. The van der Waals surface area contributed by atoms with E-state index in [0.29, 0.717) is 0 Å². The Morgan fingerprint density at radius 1 is 1.64 bits per heavy atom. The molecule has 0 aromatic heterocycles. The van der Waals surface area contributed by atoms with Gasteiger partial charge in [0.1, 0.15) is 0 Å². The number of carbonyl (C=O) groups is 1. The van der Waals surface area contributed by atoms with Crippen LogP contribution in [0.1, 0.15) is 6.92 Å². The van der Waals surface area contributed by atoms with Crippen molar-refractivity contribution >= 4 is 35.5 Å². The molecule has 4 heteroatoms. The molecule has 0 atom stereocenters. The van der Waals surface area contributed by atoms with E-state index < -0.39 is 5.97 Å². The van der Waals surface area contributed by atoms with Crippen LogP contribution < -0.4 is 0 Å². The summed E-state index contributed by atoms with van der Waals surface area (Å²) in [6.07, 6.45) is 2.13. The summed E-state index contributed by atoms with van der Waals surface area (Å²) in [4.78, 5) is 10.0. The van der Waals surface area contributed by atoms with Crippen molar-refractivity contribution in [2.75, 3.05) is 6.61 Å². The van der Waals surface area contributed by atoms with Crippen LogP contribution in [0.15, 0.2) is 25.5 Å². The molecule has 0 amide bonds. The Labute approximate surface area is 89.0 Å². The first-order chi connectivity index (χ1) is 4.72. The van der Waals surface area contributed by atoms with Crippen LogP contribution >= 0.6 is 0 Å². The average Bonchev–Trinajstić information content (AvgIpc) is 1.90. The van der Waals surface area contributed by atoms with Gasteiger partial charge in [-0.1, -0.05) is 13.2 Å². The van der Waals surface area contributed by atoms with E-state index in [9.17, 15) is 4.79 Å². The van der Waals surface area contributed by atoms with E-state index in [1.807, 2.05) is 0 Å². The topological polar surface area (TPSA) is 46.5 Å². The van der Waals surface area contributed by atoms with Crippen molar-refractivity contribution in [1.29, 1.82) is 0 Å². The molecule has 0 heterocycles. The second-order valence-electron chi connectivity index (χ2n) is 1.12. The van der Waals surface area contributed by atoms with Crippen molar-refractivity contribution in [2.45, 2.75) is 6.92 Å². The molecule has 0 aliphatic rings. The molecule has 3 nitrogen and oxygen atoms in total. The molecule has 0 radical (unpaired) electrons. The standard InChI is InChI=1S/C5H6O2.C2H6O.Na.H/c1-3-5(6)7-4-2;1-2-3;;/h3-4H,1-2H2;3H,2H2,1H3;;. The summed E-state index contributed by atoms with van der Waals surface area (Å²) in [6, 6.07) is 0. The van der Waals surface area contributed by atoms with Crippen molar-refractivity contribution in [3.63, 3.8) is 0 Å². The van der Waals surface area contributed by atoms with Crippen LogP contribution in [0.25, 0.3) is 0 Å². The van der Waals surface area contributed by atoms with E-state index in [4.69, 9.17) is 5.11 Å². The van der Waals surface area contributed by atoms with Gasteiger partial charge in [-0.25, -0.2) is 4.79 Å². The molecule has 0 bridgehead atoms. The van der Waals surface area contributed by atoms with E-state index in [1.165, 1.54) is 0 Å². The fraction of sp³-hybridized carbons (Fsp3) is 0.286. The quantitative estimate of drug-likeness (QED) is 0.277. The fourth-order valence-corrected chi connectivity index (χ4v) is 0.130. The maximum absolute atomic E-state index is 10.0. The van der Waals surface area contributed by atoms with E-state index in [-0.39, 0.29) is 36.2 Å². The molecule has 0 aromatic rings. The number of ether oxygens (including phenoxy) is 1. The number of esters is 1. The third kappa shape index (κ3) is 25.7. The summed E-state index contributed by atoms with van der Waals surface area (Å²) in [6.45, 7) is 8.25. The molecule has 0 aliphatic heterocycles. The van der Waals surface area contributed by atoms with E-state index in [2.05, 4.69) is 17.9 Å². The Hall–Kier alpha value is -0.0900. The average molecular weight is 168 g/mol. The molecule has 0 rings (SSSR count). The van der Waals surface area contributed by atoms with Crippen LogP contribution in [0.5, 0.6) is 0 Å². The normalized spacial score (nSPS) is 6.00. The zero-order valence-corrected chi connectivity index (χ0v) is 6.04. The summed E-state index contributed by atoms with van der Waals surface area (Å²) in [7, 11) is 0. The third-order valence-corrected chi connectivity index (χ3v) is 0.366. The molecule has 11 heavy (non-hydrogen) atoms. The molecule has 1 N–H and O–H groups in total. The Morgan fingerprint density at radius 2 is 2.00 bits per heavy atom. The van der Waals surface area contributed by atoms with Crippen LogP contribution in [0.2, 0.25) is 0 Å². The van der Waals surface area contributed by atoms with Gasteiger partial charge in [0.25, 0.3) is 0 Å². The van der Waals surface area contributed by atoms with Crippen LogP contribution in [-0.2, 0) is 9.53 Å². The maximum atomic E-state index is 10.0. The molecule has 0 saturated carbocycles. The number of hydrogen-bond acceptors (Lipinski definition) is 3. The minimum absolute atomic E-state index is 0.